The normalized spacial score (nSPS) is 11.2. The zero-order chi connectivity index (χ0) is 36.7. The SMILES string of the molecule is Fc1cc(F)c(F)c([B-](c2c(F)c(F)cc(F)c2F)(c2c(F)c(F)cc(F)c2F)c2c(F)c(F)cc(F)c2F)c1F.N#[N+]c1ccccc1. The molecule has 0 radical (unpaired) electrons. The van der Waals surface area contributed by atoms with Gasteiger partial charge in [0.05, 0.1) is 0 Å². The van der Waals surface area contributed by atoms with Crippen molar-refractivity contribution in [3.63, 3.8) is 0 Å². The number of halogens is 16. The molecular weight excluding hydrogens is 703 g/mol. The minimum Gasteiger partial charge on any atom is -0.207 e. The Hall–Kier alpha value is -5.54. The lowest BCUT2D eigenvalue weighted by molar-refractivity contribution is 0.452. The Morgan fingerprint density at radius 3 is 0.714 bits per heavy atom. The Morgan fingerprint density at radius 1 is 0.347 bits per heavy atom. The number of diazo groups is 1. The first-order valence-electron chi connectivity index (χ1n) is 12.8. The molecule has 0 aliphatic heterocycles. The summed E-state index contributed by atoms with van der Waals surface area (Å²) in [6.45, 7) is 0. The van der Waals surface area contributed by atoms with Crippen LogP contribution in [0.15, 0.2) is 54.6 Å². The molecule has 254 valence electrons. The quantitative estimate of drug-likeness (QED) is 0.0824. The van der Waals surface area contributed by atoms with Gasteiger partial charge in [-0.2, -0.15) is 0 Å². The molecule has 0 spiro atoms. The maximum atomic E-state index is 15.3. The molecule has 0 aromatic heterocycles. The van der Waals surface area contributed by atoms with Gasteiger partial charge in [-0.3, -0.25) is 0 Å². The third-order valence-corrected chi connectivity index (χ3v) is 7.19. The Labute approximate surface area is 262 Å². The van der Waals surface area contributed by atoms with Gasteiger partial charge < -0.3 is 0 Å². The highest BCUT2D eigenvalue weighted by molar-refractivity contribution is 7.20. The molecule has 0 unspecified atom stereocenters. The van der Waals surface area contributed by atoms with Crippen molar-refractivity contribution in [1.29, 1.82) is 5.39 Å². The number of rotatable bonds is 4. The number of hydrogen-bond acceptors (Lipinski definition) is 1. The van der Waals surface area contributed by atoms with Crippen LogP contribution in [0.3, 0.4) is 0 Å². The van der Waals surface area contributed by atoms with E-state index in [1.54, 1.807) is 12.1 Å². The molecule has 0 fully saturated rings. The van der Waals surface area contributed by atoms with Crippen LogP contribution in [0, 0.1) is 98.5 Å². The summed E-state index contributed by atoms with van der Waals surface area (Å²) in [7, 11) is 0. The van der Waals surface area contributed by atoms with Crippen LogP contribution in [0.4, 0.5) is 75.9 Å². The number of benzene rings is 5. The van der Waals surface area contributed by atoms with Gasteiger partial charge in [0.15, 0.2) is 51.5 Å². The molecule has 0 heterocycles. The Morgan fingerprint density at radius 2 is 0.551 bits per heavy atom. The summed E-state index contributed by atoms with van der Waals surface area (Å²) < 4.78 is 238. The fourth-order valence-corrected chi connectivity index (χ4v) is 5.25. The minimum absolute atomic E-state index is 0.590. The summed E-state index contributed by atoms with van der Waals surface area (Å²) in [4.78, 5) is 2.97. The Bertz CT molecular complexity index is 1810. The molecule has 49 heavy (non-hydrogen) atoms. The zero-order valence-corrected chi connectivity index (χ0v) is 23.2. The van der Waals surface area contributed by atoms with Gasteiger partial charge >= 0.3 is 5.69 Å². The Balaban J connectivity index is 0.000000592. The topological polar surface area (TPSA) is 28.1 Å². The standard InChI is InChI=1S/C24H4BF16.C6H5N2/c26-5-1-6(27)18(35)13(17(5)34)25(14-19(36)7(28)2-8(29)20(14)37,15-21(38)9(30)3-10(31)22(15)39)16-23(40)11(32)4-12(33)24(16)41;7-8-6-4-2-1-3-5-6/h1-4H;1-5H/q-1;+1. The van der Waals surface area contributed by atoms with Crippen LogP contribution in [0.25, 0.3) is 4.98 Å². The summed E-state index contributed by atoms with van der Waals surface area (Å²) in [5.41, 5.74) is -11.4. The lowest BCUT2D eigenvalue weighted by atomic mass is 9.12. The molecule has 0 aliphatic rings. The van der Waals surface area contributed by atoms with E-state index in [2.05, 4.69) is 4.98 Å². The highest BCUT2D eigenvalue weighted by atomic mass is 19.2. The van der Waals surface area contributed by atoms with E-state index >= 15 is 35.1 Å². The van der Waals surface area contributed by atoms with Crippen molar-refractivity contribution in [3.05, 3.63) is 153 Å². The average molecular weight is 712 g/mol. The predicted octanol–water partition coefficient (Wildman–Crippen LogP) is 7.46. The van der Waals surface area contributed by atoms with Crippen LogP contribution in [-0.4, -0.2) is 6.15 Å². The molecule has 0 saturated heterocycles. The van der Waals surface area contributed by atoms with E-state index < -0.39 is 145 Å². The molecule has 5 aromatic rings. The summed E-state index contributed by atoms with van der Waals surface area (Å²) in [5, 5.41) is 8.16. The van der Waals surface area contributed by atoms with Crippen molar-refractivity contribution in [2.45, 2.75) is 0 Å². The molecule has 0 aliphatic carbocycles. The first-order valence-corrected chi connectivity index (χ1v) is 12.8. The highest BCUT2D eigenvalue weighted by Crippen LogP contribution is 2.27. The number of hydrogen-bond donors (Lipinski definition) is 0. The monoisotopic (exact) mass is 712 g/mol. The molecule has 0 atom stereocenters. The molecule has 0 bridgehead atoms. The van der Waals surface area contributed by atoms with Gasteiger partial charge in [0.2, 0.25) is 5.39 Å². The summed E-state index contributed by atoms with van der Waals surface area (Å²) in [6.07, 6.45) is -6.49. The van der Waals surface area contributed by atoms with E-state index in [0.29, 0.717) is 5.69 Å². The van der Waals surface area contributed by atoms with E-state index in [1.807, 2.05) is 18.2 Å². The van der Waals surface area contributed by atoms with E-state index in [-0.39, 0.29) is 0 Å². The van der Waals surface area contributed by atoms with Crippen LogP contribution in [-0.2, 0) is 0 Å². The van der Waals surface area contributed by atoms with Gasteiger partial charge in [-0.15, -0.1) is 21.9 Å². The second kappa shape index (κ2) is 13.5. The lowest BCUT2D eigenvalue weighted by Crippen LogP contribution is -2.81. The van der Waals surface area contributed by atoms with Crippen LogP contribution >= 0.6 is 0 Å². The molecule has 0 amide bonds. The molecular formula is C30H9BF16N2. The van der Waals surface area contributed by atoms with E-state index in [0.717, 1.165) is 0 Å². The van der Waals surface area contributed by atoms with Gasteiger partial charge in [-0.25, -0.2) is 70.2 Å². The van der Waals surface area contributed by atoms with E-state index in [1.165, 1.54) is 0 Å². The minimum atomic E-state index is -6.49. The van der Waals surface area contributed by atoms with Gasteiger partial charge in [0.1, 0.15) is 52.7 Å². The van der Waals surface area contributed by atoms with Crippen molar-refractivity contribution >= 4 is 33.7 Å². The van der Waals surface area contributed by atoms with Crippen molar-refractivity contribution in [1.82, 2.24) is 0 Å². The smallest absolute Gasteiger partial charge is 0.207 e. The molecule has 0 saturated carbocycles. The van der Waals surface area contributed by atoms with Crippen LogP contribution in [0.5, 0.6) is 0 Å². The third-order valence-electron chi connectivity index (χ3n) is 7.19. The van der Waals surface area contributed by atoms with Crippen molar-refractivity contribution in [3.8, 4) is 0 Å². The fourth-order valence-electron chi connectivity index (χ4n) is 5.25. The van der Waals surface area contributed by atoms with Crippen LogP contribution < -0.4 is 21.9 Å². The van der Waals surface area contributed by atoms with Crippen molar-refractivity contribution < 1.29 is 70.2 Å². The third kappa shape index (κ3) is 5.91. The second-order valence-electron chi connectivity index (χ2n) is 9.83. The molecule has 5 rings (SSSR count). The average Bonchev–Trinajstić information content (AvgIpc) is 3.05. The first kappa shape index (κ1) is 36.3. The van der Waals surface area contributed by atoms with Gasteiger partial charge in [0, 0.05) is 36.4 Å². The van der Waals surface area contributed by atoms with Gasteiger partial charge in [-0.1, -0.05) is 18.2 Å². The van der Waals surface area contributed by atoms with E-state index in [4.69, 9.17) is 5.39 Å². The summed E-state index contributed by atoms with van der Waals surface area (Å²) in [6, 6.07) is 6.19. The van der Waals surface area contributed by atoms with Crippen molar-refractivity contribution in [2.24, 2.45) is 0 Å². The second-order valence-corrected chi connectivity index (χ2v) is 9.83. The maximum absolute atomic E-state index is 15.3. The molecule has 0 N–H and O–H groups in total. The zero-order valence-electron chi connectivity index (χ0n) is 23.2. The lowest BCUT2D eigenvalue weighted by Gasteiger charge is -2.44. The van der Waals surface area contributed by atoms with Gasteiger partial charge in [0.25, 0.3) is 0 Å². The van der Waals surface area contributed by atoms with Gasteiger partial charge in [-0.05, 0) is 0 Å². The van der Waals surface area contributed by atoms with Crippen LogP contribution in [0.1, 0.15) is 0 Å². The first-order chi connectivity index (χ1) is 22.9. The Kier molecular flexibility index (Phi) is 10.0. The predicted molar refractivity (Wildman–Crippen MR) is 141 cm³/mol. The van der Waals surface area contributed by atoms with E-state index in [9.17, 15) is 35.1 Å². The summed E-state index contributed by atoms with van der Waals surface area (Å²) in [5.74, 6) is -46.2. The molecule has 19 heteroatoms. The highest BCUT2D eigenvalue weighted by Gasteiger charge is 2.50. The summed E-state index contributed by atoms with van der Waals surface area (Å²) >= 11 is 0. The molecule has 5 aromatic carbocycles. The largest absolute Gasteiger partial charge is 0.385 e. The van der Waals surface area contributed by atoms with Crippen LogP contribution in [0.2, 0.25) is 0 Å². The molecule has 2 nitrogen and oxygen atoms in total. The maximum Gasteiger partial charge on any atom is 0.385 e. The number of nitrogens with zero attached hydrogens (tertiary/aromatic N) is 2. The van der Waals surface area contributed by atoms with Crippen molar-refractivity contribution in [2.75, 3.05) is 0 Å². The fraction of sp³-hybridized carbons (Fsp3) is 0.